The molecule has 0 aliphatic carbocycles. The standard InChI is InChI=1S/C16H31N3/c1-5-18(6-2)11-8-9-15(4)17-13-16-10-12-19(7-3)14-16/h10,12,14-15,17H,5-9,11,13H2,1-4H3. The van der Waals surface area contributed by atoms with Crippen molar-refractivity contribution in [3.63, 3.8) is 0 Å². The molecule has 1 N–H and O–H groups in total. The van der Waals surface area contributed by atoms with Gasteiger partial charge in [-0.1, -0.05) is 13.8 Å². The molecule has 1 aromatic heterocycles. The van der Waals surface area contributed by atoms with Crippen LogP contribution in [0.4, 0.5) is 0 Å². The number of hydrogen-bond donors (Lipinski definition) is 1. The Morgan fingerprint density at radius 2 is 2.00 bits per heavy atom. The average molecular weight is 265 g/mol. The highest BCUT2D eigenvalue weighted by Crippen LogP contribution is 2.04. The average Bonchev–Trinajstić information content (AvgIpc) is 2.89. The lowest BCUT2D eigenvalue weighted by molar-refractivity contribution is 0.290. The molecule has 0 saturated carbocycles. The zero-order valence-electron chi connectivity index (χ0n) is 13.2. The summed E-state index contributed by atoms with van der Waals surface area (Å²) in [6, 6.07) is 2.81. The van der Waals surface area contributed by atoms with Crippen LogP contribution in [-0.4, -0.2) is 35.1 Å². The maximum Gasteiger partial charge on any atom is 0.0223 e. The Bertz CT molecular complexity index is 328. The normalized spacial score (nSPS) is 13.1. The van der Waals surface area contributed by atoms with Gasteiger partial charge in [0.05, 0.1) is 0 Å². The largest absolute Gasteiger partial charge is 0.354 e. The molecule has 0 fully saturated rings. The first-order valence-electron chi connectivity index (χ1n) is 7.79. The number of aromatic nitrogens is 1. The molecule has 19 heavy (non-hydrogen) atoms. The summed E-state index contributed by atoms with van der Waals surface area (Å²) in [6.45, 7) is 14.6. The van der Waals surface area contributed by atoms with Gasteiger partial charge in [0.25, 0.3) is 0 Å². The van der Waals surface area contributed by atoms with Crippen LogP contribution in [0, 0.1) is 0 Å². The van der Waals surface area contributed by atoms with Gasteiger partial charge in [0.1, 0.15) is 0 Å². The molecule has 0 saturated heterocycles. The first-order chi connectivity index (χ1) is 9.19. The highest BCUT2D eigenvalue weighted by molar-refractivity contribution is 5.09. The Labute approximate surface area is 119 Å². The number of rotatable bonds is 10. The smallest absolute Gasteiger partial charge is 0.0223 e. The van der Waals surface area contributed by atoms with Crippen molar-refractivity contribution in [2.75, 3.05) is 19.6 Å². The van der Waals surface area contributed by atoms with E-state index in [2.05, 4.69) is 60.9 Å². The summed E-state index contributed by atoms with van der Waals surface area (Å²) >= 11 is 0. The van der Waals surface area contributed by atoms with Crippen LogP contribution in [0.15, 0.2) is 18.5 Å². The molecule has 1 unspecified atom stereocenters. The summed E-state index contributed by atoms with van der Waals surface area (Å²) in [7, 11) is 0. The van der Waals surface area contributed by atoms with Crippen molar-refractivity contribution in [3.8, 4) is 0 Å². The van der Waals surface area contributed by atoms with Crippen LogP contribution >= 0.6 is 0 Å². The predicted molar refractivity (Wildman–Crippen MR) is 83.4 cm³/mol. The summed E-state index contributed by atoms with van der Waals surface area (Å²) in [4.78, 5) is 2.49. The minimum atomic E-state index is 0.598. The monoisotopic (exact) mass is 265 g/mol. The van der Waals surface area contributed by atoms with Crippen molar-refractivity contribution in [2.24, 2.45) is 0 Å². The van der Waals surface area contributed by atoms with Gasteiger partial charge in [-0.15, -0.1) is 0 Å². The quantitative estimate of drug-likeness (QED) is 0.701. The van der Waals surface area contributed by atoms with Crippen molar-refractivity contribution in [1.82, 2.24) is 14.8 Å². The van der Waals surface area contributed by atoms with Gasteiger partial charge in [0.2, 0.25) is 0 Å². The van der Waals surface area contributed by atoms with Crippen LogP contribution in [0.25, 0.3) is 0 Å². The lowest BCUT2D eigenvalue weighted by Gasteiger charge is -2.19. The van der Waals surface area contributed by atoms with E-state index in [0.717, 1.165) is 13.1 Å². The SMILES string of the molecule is CCN(CC)CCCC(C)NCc1ccn(CC)c1. The van der Waals surface area contributed by atoms with Gasteiger partial charge < -0.3 is 14.8 Å². The van der Waals surface area contributed by atoms with Crippen molar-refractivity contribution in [2.45, 2.75) is 59.7 Å². The maximum absolute atomic E-state index is 3.61. The van der Waals surface area contributed by atoms with E-state index in [1.807, 2.05) is 0 Å². The van der Waals surface area contributed by atoms with E-state index in [0.29, 0.717) is 6.04 Å². The number of aryl methyl sites for hydroxylation is 1. The van der Waals surface area contributed by atoms with E-state index in [9.17, 15) is 0 Å². The second-order valence-electron chi connectivity index (χ2n) is 5.30. The van der Waals surface area contributed by atoms with Gasteiger partial charge in [0, 0.05) is 31.5 Å². The molecule has 1 aromatic rings. The van der Waals surface area contributed by atoms with Gasteiger partial charge in [-0.25, -0.2) is 0 Å². The molecule has 3 nitrogen and oxygen atoms in total. The summed E-state index contributed by atoms with van der Waals surface area (Å²) in [5.41, 5.74) is 1.39. The minimum Gasteiger partial charge on any atom is -0.354 e. The van der Waals surface area contributed by atoms with Gasteiger partial charge in [0.15, 0.2) is 0 Å². The Balaban J connectivity index is 2.15. The van der Waals surface area contributed by atoms with Crippen LogP contribution < -0.4 is 5.32 Å². The van der Waals surface area contributed by atoms with Gasteiger partial charge in [-0.3, -0.25) is 0 Å². The summed E-state index contributed by atoms with van der Waals surface area (Å²) < 4.78 is 2.22. The molecule has 0 bridgehead atoms. The van der Waals surface area contributed by atoms with E-state index in [1.54, 1.807) is 0 Å². The topological polar surface area (TPSA) is 20.2 Å². The second-order valence-corrected chi connectivity index (χ2v) is 5.30. The molecule has 110 valence electrons. The Hall–Kier alpha value is -0.800. The van der Waals surface area contributed by atoms with Crippen LogP contribution in [0.3, 0.4) is 0 Å². The number of nitrogens with zero attached hydrogens (tertiary/aromatic N) is 2. The Kier molecular flexibility index (Phi) is 7.84. The number of hydrogen-bond acceptors (Lipinski definition) is 2. The Morgan fingerprint density at radius 1 is 1.26 bits per heavy atom. The highest BCUT2D eigenvalue weighted by atomic mass is 15.1. The molecular weight excluding hydrogens is 234 g/mol. The summed E-state index contributed by atoms with van der Waals surface area (Å²) in [5.74, 6) is 0. The lowest BCUT2D eigenvalue weighted by Crippen LogP contribution is -2.28. The minimum absolute atomic E-state index is 0.598. The first kappa shape index (κ1) is 16.3. The zero-order valence-corrected chi connectivity index (χ0v) is 13.2. The van der Waals surface area contributed by atoms with Crippen molar-refractivity contribution < 1.29 is 0 Å². The van der Waals surface area contributed by atoms with Crippen LogP contribution in [0.5, 0.6) is 0 Å². The Morgan fingerprint density at radius 3 is 2.58 bits per heavy atom. The van der Waals surface area contributed by atoms with E-state index in [-0.39, 0.29) is 0 Å². The molecule has 3 heteroatoms. The third kappa shape index (κ3) is 6.26. The van der Waals surface area contributed by atoms with Crippen molar-refractivity contribution in [1.29, 1.82) is 0 Å². The summed E-state index contributed by atoms with van der Waals surface area (Å²) in [5, 5.41) is 3.61. The van der Waals surface area contributed by atoms with Crippen molar-refractivity contribution >= 4 is 0 Å². The van der Waals surface area contributed by atoms with E-state index >= 15 is 0 Å². The lowest BCUT2D eigenvalue weighted by atomic mass is 10.1. The molecule has 1 rings (SSSR count). The third-order valence-corrected chi connectivity index (χ3v) is 3.84. The van der Waals surface area contributed by atoms with Crippen LogP contribution in [-0.2, 0) is 13.1 Å². The van der Waals surface area contributed by atoms with Gasteiger partial charge in [-0.2, -0.15) is 0 Å². The molecule has 0 aromatic carbocycles. The summed E-state index contributed by atoms with van der Waals surface area (Å²) in [6.07, 6.45) is 6.93. The molecule has 0 radical (unpaired) electrons. The predicted octanol–water partition coefficient (Wildman–Crippen LogP) is 3.11. The van der Waals surface area contributed by atoms with Crippen LogP contribution in [0.1, 0.15) is 46.1 Å². The first-order valence-corrected chi connectivity index (χ1v) is 7.79. The highest BCUT2D eigenvalue weighted by Gasteiger charge is 2.04. The van der Waals surface area contributed by atoms with Gasteiger partial charge in [-0.05, 0) is 58.0 Å². The molecule has 0 aliphatic heterocycles. The molecule has 1 atom stereocenters. The van der Waals surface area contributed by atoms with Crippen LogP contribution in [0.2, 0.25) is 0 Å². The van der Waals surface area contributed by atoms with Gasteiger partial charge >= 0.3 is 0 Å². The fourth-order valence-corrected chi connectivity index (χ4v) is 2.35. The molecule has 0 amide bonds. The molecular formula is C16H31N3. The molecule has 0 spiro atoms. The van der Waals surface area contributed by atoms with E-state index in [1.165, 1.54) is 38.0 Å². The fraction of sp³-hybridized carbons (Fsp3) is 0.750. The second kappa shape index (κ2) is 9.16. The molecule has 0 aliphatic rings. The maximum atomic E-state index is 3.61. The fourth-order valence-electron chi connectivity index (χ4n) is 2.35. The zero-order chi connectivity index (χ0) is 14.1. The third-order valence-electron chi connectivity index (χ3n) is 3.84. The molecule has 1 heterocycles. The van der Waals surface area contributed by atoms with Crippen molar-refractivity contribution in [3.05, 3.63) is 24.0 Å². The van der Waals surface area contributed by atoms with E-state index in [4.69, 9.17) is 0 Å². The number of nitrogens with one attached hydrogen (secondary N) is 1. The van der Waals surface area contributed by atoms with E-state index < -0.39 is 0 Å².